The van der Waals surface area contributed by atoms with Crippen molar-refractivity contribution in [1.82, 2.24) is 14.6 Å². The molecule has 2 N–H and O–H groups in total. The molecule has 1 heterocycles. The highest BCUT2D eigenvalue weighted by Gasteiger charge is 2.17. The third kappa shape index (κ3) is 4.17. The van der Waals surface area contributed by atoms with Crippen molar-refractivity contribution in [2.75, 3.05) is 6.54 Å². The number of hydrogen-bond donors (Lipinski definition) is 2. The molecule has 0 spiro atoms. The maximum atomic E-state index is 12.3. The number of aromatic nitrogens is 1. The lowest BCUT2D eigenvalue weighted by Crippen LogP contribution is -2.22. The van der Waals surface area contributed by atoms with Gasteiger partial charge in [-0.25, -0.2) is 13.1 Å². The number of nitrogens with one attached hydrogen (secondary N) is 2. The van der Waals surface area contributed by atoms with Crippen molar-refractivity contribution in [2.45, 2.75) is 24.9 Å². The molecule has 0 aliphatic rings. The predicted octanol–water partition coefficient (Wildman–Crippen LogP) is 1.61. The molecule has 5 nitrogen and oxygen atoms in total. The van der Waals surface area contributed by atoms with Gasteiger partial charge in [0.05, 0.1) is 4.90 Å². The molecule has 2 aromatic rings. The number of benzene rings is 1. The fraction of sp³-hybridized carbons (Fsp3) is 0.333. The van der Waals surface area contributed by atoms with Crippen LogP contribution >= 0.6 is 0 Å². The predicted molar refractivity (Wildman–Crippen MR) is 83.3 cm³/mol. The molecular weight excluding hydrogens is 286 g/mol. The highest BCUT2D eigenvalue weighted by molar-refractivity contribution is 7.89. The number of sulfonamides is 1. The van der Waals surface area contributed by atoms with E-state index in [-0.39, 0.29) is 0 Å². The van der Waals surface area contributed by atoms with Crippen molar-refractivity contribution in [1.29, 1.82) is 0 Å². The highest BCUT2D eigenvalue weighted by atomic mass is 32.2. The number of aryl methyl sites for hydroxylation is 1. The Morgan fingerprint density at radius 1 is 1.14 bits per heavy atom. The lowest BCUT2D eigenvalue weighted by atomic mass is 10.2. The van der Waals surface area contributed by atoms with Crippen LogP contribution in [0, 0.1) is 0 Å². The number of rotatable bonds is 7. The first-order valence-electron chi connectivity index (χ1n) is 6.92. The summed E-state index contributed by atoms with van der Waals surface area (Å²) in [5.41, 5.74) is 1.88. The highest BCUT2D eigenvalue weighted by Crippen LogP contribution is 2.14. The fourth-order valence-electron chi connectivity index (χ4n) is 2.01. The second-order valence-electron chi connectivity index (χ2n) is 4.87. The molecule has 0 aliphatic carbocycles. The molecular formula is C15H21N3O2S. The van der Waals surface area contributed by atoms with Gasteiger partial charge in [0.25, 0.3) is 0 Å². The molecule has 21 heavy (non-hydrogen) atoms. The van der Waals surface area contributed by atoms with E-state index in [0.29, 0.717) is 18.0 Å². The summed E-state index contributed by atoms with van der Waals surface area (Å²) in [7, 11) is -1.63. The molecule has 0 atom stereocenters. The van der Waals surface area contributed by atoms with Crippen molar-refractivity contribution in [3.8, 4) is 0 Å². The molecule has 2 rings (SSSR count). The zero-order valence-corrected chi connectivity index (χ0v) is 13.2. The molecule has 0 fully saturated rings. The topological polar surface area (TPSA) is 63.1 Å². The Bertz CT molecular complexity index is 678. The van der Waals surface area contributed by atoms with E-state index < -0.39 is 10.0 Å². The van der Waals surface area contributed by atoms with Crippen molar-refractivity contribution >= 4 is 10.0 Å². The maximum absolute atomic E-state index is 12.3. The zero-order chi connectivity index (χ0) is 15.3. The average Bonchev–Trinajstić information content (AvgIpc) is 2.86. The van der Waals surface area contributed by atoms with Gasteiger partial charge >= 0.3 is 0 Å². The minimum atomic E-state index is -3.48. The van der Waals surface area contributed by atoms with Crippen LogP contribution in [0.15, 0.2) is 47.5 Å². The Morgan fingerprint density at radius 3 is 2.52 bits per heavy atom. The van der Waals surface area contributed by atoms with Gasteiger partial charge in [0, 0.05) is 32.0 Å². The van der Waals surface area contributed by atoms with E-state index in [1.165, 1.54) is 0 Å². The van der Waals surface area contributed by atoms with Crippen molar-refractivity contribution in [3.05, 3.63) is 53.9 Å². The standard InChI is InChI=1S/C15H21N3O2S/c1-3-16-11-14-9-15(12-18(14)2)21(19,20)17-10-13-7-5-4-6-8-13/h4-9,12,16-17H,3,10-11H2,1-2H3. The van der Waals surface area contributed by atoms with E-state index in [1.807, 2.05) is 48.9 Å². The zero-order valence-electron chi connectivity index (χ0n) is 12.3. The Kier molecular flexibility index (Phi) is 5.17. The molecule has 0 saturated carbocycles. The van der Waals surface area contributed by atoms with Crippen LogP contribution < -0.4 is 10.0 Å². The quantitative estimate of drug-likeness (QED) is 0.817. The largest absolute Gasteiger partial charge is 0.352 e. The van der Waals surface area contributed by atoms with Gasteiger partial charge in [-0.2, -0.15) is 0 Å². The van der Waals surface area contributed by atoms with Gasteiger partial charge in [0.15, 0.2) is 0 Å². The Labute approximate surface area is 126 Å². The molecule has 0 amide bonds. The van der Waals surface area contributed by atoms with Crippen LogP contribution in [0.1, 0.15) is 18.2 Å². The lowest BCUT2D eigenvalue weighted by Gasteiger charge is -2.04. The van der Waals surface area contributed by atoms with Gasteiger partial charge < -0.3 is 9.88 Å². The summed E-state index contributed by atoms with van der Waals surface area (Å²) in [5, 5.41) is 3.19. The molecule has 6 heteroatoms. The second kappa shape index (κ2) is 6.89. The van der Waals surface area contributed by atoms with E-state index in [1.54, 1.807) is 12.3 Å². The second-order valence-corrected chi connectivity index (χ2v) is 6.64. The van der Waals surface area contributed by atoms with E-state index in [0.717, 1.165) is 17.8 Å². The van der Waals surface area contributed by atoms with Crippen molar-refractivity contribution < 1.29 is 8.42 Å². The lowest BCUT2D eigenvalue weighted by molar-refractivity contribution is 0.581. The molecule has 0 saturated heterocycles. The third-order valence-corrected chi connectivity index (χ3v) is 4.63. The van der Waals surface area contributed by atoms with Crippen LogP contribution in [0.5, 0.6) is 0 Å². The van der Waals surface area contributed by atoms with Gasteiger partial charge in [0.2, 0.25) is 10.0 Å². The summed E-state index contributed by atoms with van der Waals surface area (Å²) >= 11 is 0. The van der Waals surface area contributed by atoms with Gasteiger partial charge in [-0.3, -0.25) is 0 Å². The Hall–Kier alpha value is -1.63. The average molecular weight is 307 g/mol. The summed E-state index contributed by atoms with van der Waals surface area (Å²) in [6, 6.07) is 11.2. The smallest absolute Gasteiger partial charge is 0.242 e. The fourth-order valence-corrected chi connectivity index (χ4v) is 3.12. The van der Waals surface area contributed by atoms with Crippen LogP contribution in [-0.4, -0.2) is 19.5 Å². The van der Waals surface area contributed by atoms with Crippen LogP contribution in [0.4, 0.5) is 0 Å². The molecule has 114 valence electrons. The van der Waals surface area contributed by atoms with Crippen LogP contribution in [0.3, 0.4) is 0 Å². The summed E-state index contributed by atoms with van der Waals surface area (Å²) < 4.78 is 29.1. The monoisotopic (exact) mass is 307 g/mol. The molecule has 1 aromatic carbocycles. The molecule has 1 aromatic heterocycles. The normalized spacial score (nSPS) is 11.7. The minimum Gasteiger partial charge on any atom is -0.352 e. The summed E-state index contributed by atoms with van der Waals surface area (Å²) in [4.78, 5) is 0.300. The van der Waals surface area contributed by atoms with Gasteiger partial charge in [-0.1, -0.05) is 37.3 Å². The summed E-state index contributed by atoms with van der Waals surface area (Å²) in [5.74, 6) is 0. The van der Waals surface area contributed by atoms with E-state index in [9.17, 15) is 8.42 Å². The van der Waals surface area contributed by atoms with Gasteiger partial charge in [0.1, 0.15) is 0 Å². The van der Waals surface area contributed by atoms with Crippen molar-refractivity contribution in [3.63, 3.8) is 0 Å². The molecule has 0 aliphatic heterocycles. The van der Waals surface area contributed by atoms with Crippen LogP contribution in [-0.2, 0) is 30.2 Å². The Morgan fingerprint density at radius 2 is 1.86 bits per heavy atom. The van der Waals surface area contributed by atoms with Crippen molar-refractivity contribution in [2.24, 2.45) is 7.05 Å². The minimum absolute atomic E-state index is 0.292. The van der Waals surface area contributed by atoms with E-state index in [2.05, 4.69) is 10.0 Å². The number of nitrogens with zero attached hydrogens (tertiary/aromatic N) is 1. The third-order valence-electron chi connectivity index (χ3n) is 3.26. The van der Waals surface area contributed by atoms with Crippen LogP contribution in [0.2, 0.25) is 0 Å². The first-order valence-corrected chi connectivity index (χ1v) is 8.41. The Balaban J connectivity index is 2.09. The first kappa shape index (κ1) is 15.8. The molecule has 0 radical (unpaired) electrons. The summed E-state index contributed by atoms with van der Waals surface area (Å²) in [6.45, 7) is 3.81. The maximum Gasteiger partial charge on any atom is 0.242 e. The van der Waals surface area contributed by atoms with Crippen LogP contribution in [0.25, 0.3) is 0 Å². The van der Waals surface area contributed by atoms with E-state index >= 15 is 0 Å². The molecule has 0 unspecified atom stereocenters. The van der Waals surface area contributed by atoms with Gasteiger partial charge in [-0.15, -0.1) is 0 Å². The van der Waals surface area contributed by atoms with Gasteiger partial charge in [-0.05, 0) is 18.2 Å². The number of hydrogen-bond acceptors (Lipinski definition) is 3. The SMILES string of the molecule is CCNCc1cc(S(=O)(=O)NCc2ccccc2)cn1C. The first-order chi connectivity index (χ1) is 10.0. The molecule has 0 bridgehead atoms. The van der Waals surface area contributed by atoms with E-state index in [4.69, 9.17) is 0 Å². The summed E-state index contributed by atoms with van der Waals surface area (Å²) in [6.07, 6.45) is 1.64.